The smallest absolute Gasteiger partial charge is 0.227 e. The van der Waals surface area contributed by atoms with Crippen molar-refractivity contribution in [3.63, 3.8) is 0 Å². The fourth-order valence-electron chi connectivity index (χ4n) is 4.04. The van der Waals surface area contributed by atoms with Crippen LogP contribution in [0.4, 0.5) is 11.8 Å². The van der Waals surface area contributed by atoms with Crippen LogP contribution in [-0.4, -0.2) is 67.4 Å². The summed E-state index contributed by atoms with van der Waals surface area (Å²) in [7, 11) is 2.10. The largest absolute Gasteiger partial charge is 0.378 e. The van der Waals surface area contributed by atoms with Crippen LogP contribution in [0.3, 0.4) is 0 Å². The maximum absolute atomic E-state index is 6.37. The summed E-state index contributed by atoms with van der Waals surface area (Å²) < 4.78 is 5.45. The van der Waals surface area contributed by atoms with Crippen molar-refractivity contribution in [1.29, 1.82) is 0 Å². The zero-order valence-electron chi connectivity index (χ0n) is 16.7. The van der Waals surface area contributed by atoms with Crippen molar-refractivity contribution in [1.82, 2.24) is 14.9 Å². The van der Waals surface area contributed by atoms with Gasteiger partial charge in [-0.05, 0) is 49.2 Å². The highest BCUT2D eigenvalue weighted by atomic mass is 35.5. The molecular weight excluding hydrogens is 409 g/mol. The monoisotopic (exact) mass is 435 g/mol. The minimum atomic E-state index is 0.363. The van der Waals surface area contributed by atoms with Crippen LogP contribution in [0.5, 0.6) is 0 Å². The minimum Gasteiger partial charge on any atom is -0.378 e. The number of hydrogen-bond acceptors (Lipinski definition) is 6. The summed E-state index contributed by atoms with van der Waals surface area (Å²) in [6.07, 6.45) is 4.12. The zero-order chi connectivity index (χ0) is 20.2. The summed E-state index contributed by atoms with van der Waals surface area (Å²) in [6.45, 7) is 6.05. The third kappa shape index (κ3) is 5.12. The Bertz CT molecular complexity index is 830. The minimum absolute atomic E-state index is 0.363. The number of aromatic nitrogens is 2. The third-order valence-corrected chi connectivity index (χ3v) is 6.31. The highest BCUT2D eigenvalue weighted by Crippen LogP contribution is 2.25. The van der Waals surface area contributed by atoms with Crippen LogP contribution >= 0.6 is 23.2 Å². The lowest BCUT2D eigenvalue weighted by Gasteiger charge is -2.38. The number of benzene rings is 1. The van der Waals surface area contributed by atoms with E-state index in [1.807, 2.05) is 30.5 Å². The lowest BCUT2D eigenvalue weighted by Crippen LogP contribution is -2.47. The molecule has 29 heavy (non-hydrogen) atoms. The van der Waals surface area contributed by atoms with E-state index < -0.39 is 0 Å². The average molecular weight is 436 g/mol. The lowest BCUT2D eigenvalue weighted by molar-refractivity contribution is 0.122. The van der Waals surface area contributed by atoms with Crippen LogP contribution in [0.1, 0.15) is 18.4 Å². The highest BCUT2D eigenvalue weighted by molar-refractivity contribution is 6.33. The van der Waals surface area contributed by atoms with Gasteiger partial charge in [0.15, 0.2) is 0 Å². The maximum Gasteiger partial charge on any atom is 0.227 e. The summed E-state index contributed by atoms with van der Waals surface area (Å²) in [5, 5.41) is 1.50. The number of morpholine rings is 1. The molecule has 2 aromatic rings. The molecule has 4 rings (SSSR count). The molecule has 2 fully saturated rings. The summed E-state index contributed by atoms with van der Waals surface area (Å²) in [5.74, 6) is 1.75. The van der Waals surface area contributed by atoms with Crippen molar-refractivity contribution in [2.75, 3.05) is 56.2 Å². The Labute approximate surface area is 182 Å². The summed E-state index contributed by atoms with van der Waals surface area (Å²) >= 11 is 12.5. The Morgan fingerprint density at radius 2 is 2.00 bits per heavy atom. The Balaban J connectivity index is 1.43. The first-order valence-corrected chi connectivity index (χ1v) is 10.9. The molecule has 6 nitrogen and oxygen atoms in total. The SMILES string of the molecule is CN(c1nccc(N2CCOCC2)n1)C1CCCN(Cc2cc(Cl)ccc2Cl)C1. The van der Waals surface area contributed by atoms with Gasteiger partial charge in [0.05, 0.1) is 13.2 Å². The van der Waals surface area contributed by atoms with Gasteiger partial charge in [0, 0.05) is 55.5 Å². The summed E-state index contributed by atoms with van der Waals surface area (Å²) in [4.78, 5) is 16.3. The second-order valence-corrected chi connectivity index (χ2v) is 8.54. The molecule has 1 aromatic heterocycles. The van der Waals surface area contributed by atoms with E-state index in [4.69, 9.17) is 32.9 Å². The molecule has 1 aromatic carbocycles. The molecule has 1 atom stereocenters. The van der Waals surface area contributed by atoms with Gasteiger partial charge in [-0.3, -0.25) is 4.90 Å². The number of hydrogen-bond donors (Lipinski definition) is 0. The molecule has 0 spiro atoms. The van der Waals surface area contributed by atoms with Crippen LogP contribution in [0.2, 0.25) is 10.0 Å². The number of rotatable bonds is 5. The van der Waals surface area contributed by atoms with Gasteiger partial charge in [-0.2, -0.15) is 4.98 Å². The molecule has 0 saturated carbocycles. The molecule has 0 bridgehead atoms. The van der Waals surface area contributed by atoms with Gasteiger partial charge in [0.2, 0.25) is 5.95 Å². The molecule has 0 N–H and O–H groups in total. The summed E-state index contributed by atoms with van der Waals surface area (Å²) in [5.41, 5.74) is 1.08. The number of likely N-dealkylation sites (tertiary alicyclic amines) is 1. The second-order valence-electron chi connectivity index (χ2n) is 7.69. The third-order valence-electron chi connectivity index (χ3n) is 5.71. The number of piperidine rings is 1. The molecule has 8 heteroatoms. The van der Waals surface area contributed by atoms with E-state index in [9.17, 15) is 0 Å². The van der Waals surface area contributed by atoms with Gasteiger partial charge >= 0.3 is 0 Å². The summed E-state index contributed by atoms with van der Waals surface area (Å²) in [6, 6.07) is 8.02. The molecule has 3 heterocycles. The number of halogens is 2. The van der Waals surface area contributed by atoms with E-state index in [2.05, 4.69) is 26.7 Å². The topological polar surface area (TPSA) is 44.7 Å². The Morgan fingerprint density at radius 3 is 2.83 bits per heavy atom. The van der Waals surface area contributed by atoms with Gasteiger partial charge in [0.25, 0.3) is 0 Å². The van der Waals surface area contributed by atoms with Crippen LogP contribution in [0.15, 0.2) is 30.5 Å². The normalized spacial score (nSPS) is 20.7. The lowest BCUT2D eigenvalue weighted by atomic mass is 10.0. The van der Waals surface area contributed by atoms with E-state index in [0.29, 0.717) is 6.04 Å². The molecule has 156 valence electrons. The van der Waals surface area contributed by atoms with Crippen molar-refractivity contribution in [3.05, 3.63) is 46.1 Å². The van der Waals surface area contributed by atoms with E-state index >= 15 is 0 Å². The van der Waals surface area contributed by atoms with Gasteiger partial charge in [-0.1, -0.05) is 23.2 Å². The molecule has 0 amide bonds. The average Bonchev–Trinajstić information content (AvgIpc) is 2.77. The quantitative estimate of drug-likeness (QED) is 0.712. The molecule has 0 radical (unpaired) electrons. The zero-order valence-corrected chi connectivity index (χ0v) is 18.2. The molecule has 0 aliphatic carbocycles. The number of nitrogens with zero attached hydrogens (tertiary/aromatic N) is 5. The Hall–Kier alpha value is -1.60. The van der Waals surface area contributed by atoms with Gasteiger partial charge in [0.1, 0.15) is 5.82 Å². The van der Waals surface area contributed by atoms with Crippen molar-refractivity contribution < 1.29 is 4.74 Å². The van der Waals surface area contributed by atoms with Gasteiger partial charge in [-0.25, -0.2) is 4.98 Å². The van der Waals surface area contributed by atoms with E-state index in [1.165, 1.54) is 0 Å². The van der Waals surface area contributed by atoms with Crippen LogP contribution in [-0.2, 0) is 11.3 Å². The van der Waals surface area contributed by atoms with E-state index in [1.54, 1.807) is 0 Å². The molecule has 2 saturated heterocycles. The first kappa shape index (κ1) is 20.7. The van der Waals surface area contributed by atoms with Crippen molar-refractivity contribution in [2.24, 2.45) is 0 Å². The molecular formula is C21H27Cl2N5O. The molecule has 1 unspecified atom stereocenters. The van der Waals surface area contributed by atoms with E-state index in [0.717, 1.165) is 86.2 Å². The van der Waals surface area contributed by atoms with Crippen LogP contribution in [0, 0.1) is 0 Å². The predicted molar refractivity (Wildman–Crippen MR) is 118 cm³/mol. The van der Waals surface area contributed by atoms with Crippen LogP contribution in [0.25, 0.3) is 0 Å². The standard InChI is InChI=1S/C21H27Cl2N5O/c1-26(21-24-7-6-20(25-21)28-9-11-29-12-10-28)18-3-2-8-27(15-18)14-16-13-17(22)4-5-19(16)23/h4-7,13,18H,2-3,8-12,14-15H2,1H3. The van der Waals surface area contributed by atoms with Gasteiger partial charge < -0.3 is 14.5 Å². The number of ether oxygens (including phenoxy) is 1. The van der Waals surface area contributed by atoms with Crippen molar-refractivity contribution in [3.8, 4) is 0 Å². The molecule has 2 aliphatic rings. The predicted octanol–water partition coefficient (Wildman–Crippen LogP) is 3.72. The maximum atomic E-state index is 6.37. The molecule has 2 aliphatic heterocycles. The fourth-order valence-corrected chi connectivity index (χ4v) is 4.41. The number of anilines is 2. The van der Waals surface area contributed by atoms with Crippen LogP contribution < -0.4 is 9.80 Å². The Kier molecular flexibility index (Phi) is 6.75. The number of likely N-dealkylation sites (N-methyl/N-ethyl adjacent to an activating group) is 1. The second kappa shape index (κ2) is 9.47. The first-order chi connectivity index (χ1) is 14.1. The first-order valence-electron chi connectivity index (χ1n) is 10.1. The van der Waals surface area contributed by atoms with E-state index in [-0.39, 0.29) is 0 Å². The Morgan fingerprint density at radius 1 is 1.17 bits per heavy atom. The van der Waals surface area contributed by atoms with Crippen molar-refractivity contribution >= 4 is 35.0 Å². The highest BCUT2D eigenvalue weighted by Gasteiger charge is 2.26. The van der Waals surface area contributed by atoms with Crippen molar-refractivity contribution in [2.45, 2.75) is 25.4 Å². The van der Waals surface area contributed by atoms with Gasteiger partial charge in [-0.15, -0.1) is 0 Å². The fraction of sp³-hybridized carbons (Fsp3) is 0.524.